The Kier molecular flexibility index (Phi) is 4.20. The molecule has 124 valence electrons. The van der Waals surface area contributed by atoms with Gasteiger partial charge in [-0.15, -0.1) is 16.4 Å². The number of carboxylic acids is 1. The molecule has 0 spiro atoms. The van der Waals surface area contributed by atoms with Gasteiger partial charge in [0.1, 0.15) is 0 Å². The highest BCUT2D eigenvalue weighted by Gasteiger charge is 2.53. The Balaban J connectivity index is 1.75. The molecule has 1 N–H and O–H groups in total. The molecule has 0 unspecified atom stereocenters. The Morgan fingerprint density at radius 2 is 2.30 bits per heavy atom. The van der Waals surface area contributed by atoms with Gasteiger partial charge in [0.05, 0.1) is 42.4 Å². The second-order valence-electron chi connectivity index (χ2n) is 5.93. The molecule has 23 heavy (non-hydrogen) atoms. The monoisotopic (exact) mass is 337 g/mol. The third-order valence-electron chi connectivity index (χ3n) is 4.50. The number of carbonyl (C=O) groups excluding carboxylic acids is 2. The van der Waals surface area contributed by atoms with Crippen molar-refractivity contribution in [3.05, 3.63) is 28.6 Å². The van der Waals surface area contributed by atoms with E-state index >= 15 is 0 Å². The summed E-state index contributed by atoms with van der Waals surface area (Å²) in [4.78, 5) is 25.6. The van der Waals surface area contributed by atoms with Crippen molar-refractivity contribution in [3.63, 3.8) is 0 Å². The Labute approximate surface area is 138 Å². The number of fused-ring (bicyclic) bond motifs is 1. The van der Waals surface area contributed by atoms with E-state index in [2.05, 4.69) is 0 Å². The van der Waals surface area contributed by atoms with E-state index in [9.17, 15) is 14.7 Å². The number of aliphatic hydroxyl groups is 1. The summed E-state index contributed by atoms with van der Waals surface area (Å²) in [6.45, 7) is -0.0651. The molecular formula is C15H19N3O4S. The predicted octanol–water partition coefficient (Wildman–Crippen LogP) is -1.34. The van der Waals surface area contributed by atoms with E-state index in [-0.39, 0.29) is 30.2 Å². The molecule has 2 atom stereocenters. The van der Waals surface area contributed by atoms with E-state index in [4.69, 9.17) is 5.11 Å². The van der Waals surface area contributed by atoms with Crippen LogP contribution < -0.4 is 9.79 Å². The summed E-state index contributed by atoms with van der Waals surface area (Å²) in [7, 11) is 3.86. The first-order valence-electron chi connectivity index (χ1n) is 7.46. The lowest BCUT2D eigenvalue weighted by atomic mass is 9.85. The summed E-state index contributed by atoms with van der Waals surface area (Å²) < 4.78 is 3.87. The normalized spacial score (nSPS) is 23.3. The summed E-state index contributed by atoms with van der Waals surface area (Å²) >= 11 is 1.44. The lowest BCUT2D eigenvalue weighted by molar-refractivity contribution is -0.751. The van der Waals surface area contributed by atoms with Crippen LogP contribution in [0.1, 0.15) is 18.4 Å². The quantitative estimate of drug-likeness (QED) is 0.512. The standard InChI is InChI=1S/C15H19N3O4S/c1-16-6-9(7-17(16)2)8-23-12-5-11-10(3-4-19)14(20)18(11)13(12)15(21)22/h6-7,10-11,19H,3-5,8H2,1-2H3/t10-,11+/m0/s1. The molecule has 0 radical (unpaired) electrons. The molecule has 7 nitrogen and oxygen atoms in total. The Hall–Kier alpha value is -1.80. The molecule has 2 aliphatic heterocycles. The fraction of sp³-hybridized carbons (Fsp3) is 0.533. The maximum Gasteiger partial charge on any atom is 0.232 e. The second-order valence-corrected chi connectivity index (χ2v) is 7.00. The average molecular weight is 337 g/mol. The minimum Gasteiger partial charge on any atom is -0.543 e. The smallest absolute Gasteiger partial charge is 0.232 e. The van der Waals surface area contributed by atoms with Crippen LogP contribution in [0, 0.1) is 5.92 Å². The molecule has 3 heterocycles. The highest BCUT2D eigenvalue weighted by Crippen LogP contribution is 2.47. The van der Waals surface area contributed by atoms with Crippen LogP contribution in [-0.4, -0.2) is 39.2 Å². The lowest BCUT2D eigenvalue weighted by Gasteiger charge is -2.44. The third kappa shape index (κ3) is 2.66. The maximum absolute atomic E-state index is 12.1. The molecule has 1 saturated heterocycles. The number of carbonyl (C=O) groups is 2. The van der Waals surface area contributed by atoms with Gasteiger partial charge in [-0.05, 0) is 6.42 Å². The molecule has 0 aromatic carbocycles. The molecule has 1 aromatic rings. The highest BCUT2D eigenvalue weighted by atomic mass is 32.2. The summed E-state index contributed by atoms with van der Waals surface area (Å²) in [6.07, 6.45) is 4.88. The molecule has 3 rings (SSSR count). The number of amides is 1. The lowest BCUT2D eigenvalue weighted by Crippen LogP contribution is -2.59. The molecule has 1 amide bonds. The van der Waals surface area contributed by atoms with E-state index in [1.54, 1.807) is 0 Å². The van der Waals surface area contributed by atoms with Crippen LogP contribution in [0.25, 0.3) is 0 Å². The van der Waals surface area contributed by atoms with Gasteiger partial charge in [0.25, 0.3) is 0 Å². The fourth-order valence-electron chi connectivity index (χ4n) is 3.27. The van der Waals surface area contributed by atoms with E-state index in [1.807, 2.05) is 35.9 Å². The third-order valence-corrected chi connectivity index (χ3v) is 5.69. The van der Waals surface area contributed by atoms with E-state index in [1.165, 1.54) is 16.7 Å². The van der Waals surface area contributed by atoms with Crippen molar-refractivity contribution in [1.29, 1.82) is 0 Å². The summed E-state index contributed by atoms with van der Waals surface area (Å²) in [6, 6.07) is -0.142. The summed E-state index contributed by atoms with van der Waals surface area (Å²) in [5.74, 6) is -1.16. The van der Waals surface area contributed by atoms with Crippen LogP contribution in [-0.2, 0) is 29.4 Å². The highest BCUT2D eigenvalue weighted by molar-refractivity contribution is 8.02. The topological polar surface area (TPSA) is 89.5 Å². The molecule has 0 saturated carbocycles. The van der Waals surface area contributed by atoms with Gasteiger partial charge in [-0.2, -0.15) is 4.68 Å². The molecule has 1 fully saturated rings. The number of aliphatic hydroxyl groups excluding tert-OH is 1. The zero-order valence-corrected chi connectivity index (χ0v) is 13.9. The van der Waals surface area contributed by atoms with Gasteiger partial charge in [0.15, 0.2) is 13.2 Å². The number of thioether (sulfide) groups is 1. The number of hydrogen-bond donors (Lipinski definition) is 1. The minimum atomic E-state index is -1.30. The number of carboxylic acid groups (broad SMARTS) is 1. The van der Waals surface area contributed by atoms with E-state index < -0.39 is 5.97 Å². The summed E-state index contributed by atoms with van der Waals surface area (Å²) in [5.41, 5.74) is 1.09. The number of nitrogens with zero attached hydrogens (tertiary/aromatic N) is 3. The van der Waals surface area contributed by atoms with Gasteiger partial charge < -0.3 is 19.9 Å². The largest absolute Gasteiger partial charge is 0.543 e. The van der Waals surface area contributed by atoms with Crippen LogP contribution in [0.2, 0.25) is 0 Å². The van der Waals surface area contributed by atoms with Crippen LogP contribution in [0.4, 0.5) is 0 Å². The number of aliphatic carboxylic acids is 1. The first kappa shape index (κ1) is 16.1. The first-order chi connectivity index (χ1) is 10.9. The van der Waals surface area contributed by atoms with Crippen LogP contribution in [0.5, 0.6) is 0 Å². The number of aryl methyl sites for hydroxylation is 2. The van der Waals surface area contributed by atoms with Gasteiger partial charge in [0, 0.05) is 23.7 Å². The molecular weight excluding hydrogens is 318 g/mol. The van der Waals surface area contributed by atoms with Crippen LogP contribution >= 0.6 is 11.8 Å². The molecule has 2 aliphatic rings. The Morgan fingerprint density at radius 1 is 1.57 bits per heavy atom. The van der Waals surface area contributed by atoms with Crippen molar-refractivity contribution < 1.29 is 24.5 Å². The number of β-lactam (4-membered cyclic amide) rings is 1. The van der Waals surface area contributed by atoms with Crippen molar-refractivity contribution in [2.45, 2.75) is 24.6 Å². The van der Waals surface area contributed by atoms with E-state index in [0.29, 0.717) is 23.5 Å². The number of hydrogen-bond acceptors (Lipinski definition) is 5. The molecule has 1 aromatic heterocycles. The van der Waals surface area contributed by atoms with Gasteiger partial charge >= 0.3 is 0 Å². The van der Waals surface area contributed by atoms with Gasteiger partial charge in [0.2, 0.25) is 5.91 Å². The van der Waals surface area contributed by atoms with Crippen molar-refractivity contribution in [1.82, 2.24) is 9.58 Å². The molecule has 0 bridgehead atoms. The second kappa shape index (κ2) is 6.01. The zero-order valence-electron chi connectivity index (χ0n) is 13.1. The van der Waals surface area contributed by atoms with Crippen LogP contribution in [0.3, 0.4) is 0 Å². The zero-order chi connectivity index (χ0) is 16.7. The van der Waals surface area contributed by atoms with Gasteiger partial charge in [-0.25, -0.2) is 0 Å². The van der Waals surface area contributed by atoms with Crippen molar-refractivity contribution >= 4 is 23.6 Å². The number of rotatable bonds is 6. The summed E-state index contributed by atoms with van der Waals surface area (Å²) in [5, 5.41) is 20.5. The fourth-order valence-corrected chi connectivity index (χ4v) is 4.37. The van der Waals surface area contributed by atoms with Crippen LogP contribution in [0.15, 0.2) is 23.0 Å². The Morgan fingerprint density at radius 3 is 2.87 bits per heavy atom. The van der Waals surface area contributed by atoms with Gasteiger partial charge in [-0.3, -0.25) is 4.79 Å². The van der Waals surface area contributed by atoms with Crippen molar-refractivity contribution in [3.8, 4) is 0 Å². The molecule has 0 aliphatic carbocycles. The Bertz CT molecular complexity index is 677. The first-order valence-corrected chi connectivity index (χ1v) is 8.45. The minimum absolute atomic E-state index is 0.0134. The van der Waals surface area contributed by atoms with E-state index in [0.717, 1.165) is 5.56 Å². The molecule has 8 heteroatoms. The number of aromatic nitrogens is 2. The maximum atomic E-state index is 12.1. The van der Waals surface area contributed by atoms with Crippen molar-refractivity contribution in [2.75, 3.05) is 6.61 Å². The average Bonchev–Trinajstić information content (AvgIpc) is 3.01. The van der Waals surface area contributed by atoms with Gasteiger partial charge in [-0.1, -0.05) is 0 Å². The van der Waals surface area contributed by atoms with Crippen molar-refractivity contribution in [2.24, 2.45) is 20.0 Å². The predicted molar refractivity (Wildman–Crippen MR) is 80.4 cm³/mol. The SMILES string of the molecule is Cn1cc(CSC2=C(C(=O)[O-])N3C(=O)[C@@H](CCO)[C@H]3C2)c[n+]1C.